The molecular weight excluding hydrogens is 256 g/mol. The van der Waals surface area contributed by atoms with E-state index < -0.39 is 42.3 Å². The van der Waals surface area contributed by atoms with Crippen LogP contribution in [-0.4, -0.2) is 48.9 Å². The molecule has 7 heteroatoms. The van der Waals surface area contributed by atoms with Gasteiger partial charge < -0.3 is 18.9 Å². The Morgan fingerprint density at radius 2 is 1.37 bits per heavy atom. The van der Waals surface area contributed by atoms with E-state index in [1.54, 1.807) is 6.92 Å². The van der Waals surface area contributed by atoms with Crippen LogP contribution in [0.15, 0.2) is 0 Å². The lowest BCUT2D eigenvalue weighted by atomic mass is 10.0. The zero-order valence-corrected chi connectivity index (χ0v) is 11.4. The molecule has 108 valence electrons. The maximum Gasteiger partial charge on any atom is 0.303 e. The van der Waals surface area contributed by atoms with E-state index in [1.807, 2.05) is 0 Å². The van der Waals surface area contributed by atoms with Crippen molar-refractivity contribution in [2.45, 2.75) is 52.1 Å². The zero-order chi connectivity index (χ0) is 14.6. The molecule has 19 heavy (non-hydrogen) atoms. The molecule has 0 radical (unpaired) electrons. The summed E-state index contributed by atoms with van der Waals surface area (Å²) >= 11 is 0. The third-order valence-electron chi connectivity index (χ3n) is 2.60. The first-order valence-corrected chi connectivity index (χ1v) is 5.94. The van der Waals surface area contributed by atoms with Gasteiger partial charge in [-0.2, -0.15) is 0 Å². The van der Waals surface area contributed by atoms with Gasteiger partial charge in [0.25, 0.3) is 0 Å². The van der Waals surface area contributed by atoms with Gasteiger partial charge in [0.1, 0.15) is 0 Å². The van der Waals surface area contributed by atoms with Crippen LogP contribution >= 0.6 is 0 Å². The quantitative estimate of drug-likeness (QED) is 0.536. The fourth-order valence-electron chi connectivity index (χ4n) is 1.92. The SMILES string of the molecule is CC(=O)O[C@@H]1[C@H](OC(C)=O)[C@@H](OC(C)=O)CO[C@@H]1C. The molecule has 0 aromatic rings. The molecule has 1 aliphatic rings. The average Bonchev–Trinajstić information content (AvgIpc) is 2.25. The number of carbonyl (C=O) groups excluding carboxylic acids is 3. The summed E-state index contributed by atoms with van der Waals surface area (Å²) in [6.45, 7) is 5.48. The molecule has 0 aromatic carbocycles. The third-order valence-corrected chi connectivity index (χ3v) is 2.60. The van der Waals surface area contributed by atoms with E-state index in [0.29, 0.717) is 0 Å². The van der Waals surface area contributed by atoms with Gasteiger partial charge in [0, 0.05) is 20.8 Å². The summed E-state index contributed by atoms with van der Waals surface area (Å²) in [6, 6.07) is 0. The number of carbonyl (C=O) groups is 3. The first-order chi connectivity index (χ1) is 8.81. The van der Waals surface area contributed by atoms with E-state index in [9.17, 15) is 14.4 Å². The van der Waals surface area contributed by atoms with Gasteiger partial charge in [-0.05, 0) is 6.92 Å². The summed E-state index contributed by atoms with van der Waals surface area (Å²) in [5, 5.41) is 0. The maximum atomic E-state index is 11.1. The lowest BCUT2D eigenvalue weighted by Gasteiger charge is -2.39. The minimum absolute atomic E-state index is 0.0798. The molecule has 4 atom stereocenters. The number of rotatable bonds is 3. The van der Waals surface area contributed by atoms with Crippen LogP contribution in [-0.2, 0) is 33.3 Å². The van der Waals surface area contributed by atoms with Crippen molar-refractivity contribution in [1.82, 2.24) is 0 Å². The topological polar surface area (TPSA) is 88.1 Å². The maximum absolute atomic E-state index is 11.1. The van der Waals surface area contributed by atoms with Crippen LogP contribution in [0.4, 0.5) is 0 Å². The van der Waals surface area contributed by atoms with Crippen molar-refractivity contribution < 1.29 is 33.3 Å². The smallest absolute Gasteiger partial charge is 0.303 e. The second-order valence-corrected chi connectivity index (χ2v) is 4.33. The van der Waals surface area contributed by atoms with E-state index in [1.165, 1.54) is 20.8 Å². The fourth-order valence-corrected chi connectivity index (χ4v) is 1.92. The molecule has 0 amide bonds. The van der Waals surface area contributed by atoms with Crippen LogP contribution in [0.1, 0.15) is 27.7 Å². The molecule has 1 aliphatic heterocycles. The molecule has 1 saturated heterocycles. The summed E-state index contributed by atoms with van der Waals surface area (Å²) in [5.74, 6) is -1.60. The second kappa shape index (κ2) is 6.51. The molecule has 1 fully saturated rings. The van der Waals surface area contributed by atoms with E-state index in [4.69, 9.17) is 18.9 Å². The predicted octanol–water partition coefficient (Wildman–Crippen LogP) is 0.200. The molecular formula is C12H18O7. The summed E-state index contributed by atoms with van der Waals surface area (Å²) in [4.78, 5) is 33.3. The Hall–Kier alpha value is -1.63. The average molecular weight is 274 g/mol. The fraction of sp³-hybridized carbons (Fsp3) is 0.750. The highest BCUT2D eigenvalue weighted by Crippen LogP contribution is 2.24. The first kappa shape index (κ1) is 15.4. The molecule has 0 aliphatic carbocycles. The van der Waals surface area contributed by atoms with Crippen molar-refractivity contribution in [2.75, 3.05) is 6.61 Å². The zero-order valence-electron chi connectivity index (χ0n) is 11.4. The molecule has 1 rings (SSSR count). The Balaban J connectivity index is 2.89. The van der Waals surface area contributed by atoms with Gasteiger partial charge in [0.05, 0.1) is 12.7 Å². The van der Waals surface area contributed by atoms with Crippen LogP contribution in [0, 0.1) is 0 Å². The molecule has 1 heterocycles. The van der Waals surface area contributed by atoms with Crippen molar-refractivity contribution in [3.8, 4) is 0 Å². The van der Waals surface area contributed by atoms with Crippen LogP contribution in [0.25, 0.3) is 0 Å². The van der Waals surface area contributed by atoms with Crippen molar-refractivity contribution >= 4 is 17.9 Å². The Labute approximate surface area is 111 Å². The summed E-state index contributed by atoms with van der Waals surface area (Å²) < 4.78 is 20.6. The minimum atomic E-state index is -0.867. The van der Waals surface area contributed by atoms with Crippen molar-refractivity contribution in [3.05, 3.63) is 0 Å². The van der Waals surface area contributed by atoms with Crippen molar-refractivity contribution in [2.24, 2.45) is 0 Å². The third kappa shape index (κ3) is 4.51. The van der Waals surface area contributed by atoms with Crippen LogP contribution < -0.4 is 0 Å². The standard InChI is InChI=1S/C12H18O7/c1-6-11(18-8(3)14)12(19-9(4)15)10(5-16-6)17-7(2)13/h6,10-12H,5H2,1-4H3/t6-,10+,11+,12-/m1/s1. The van der Waals surface area contributed by atoms with Gasteiger partial charge in [0.2, 0.25) is 0 Å². The highest BCUT2D eigenvalue weighted by atomic mass is 16.6. The highest BCUT2D eigenvalue weighted by molar-refractivity contribution is 5.68. The molecule has 0 N–H and O–H groups in total. The second-order valence-electron chi connectivity index (χ2n) is 4.33. The molecule has 7 nitrogen and oxygen atoms in total. The summed E-state index contributed by atoms with van der Waals surface area (Å²) in [6.07, 6.45) is -2.92. The van der Waals surface area contributed by atoms with Gasteiger partial charge >= 0.3 is 17.9 Å². The Bertz CT molecular complexity index is 365. The Morgan fingerprint density at radius 1 is 0.895 bits per heavy atom. The van der Waals surface area contributed by atoms with E-state index in [2.05, 4.69) is 0 Å². The van der Waals surface area contributed by atoms with Crippen molar-refractivity contribution in [3.63, 3.8) is 0 Å². The largest absolute Gasteiger partial charge is 0.456 e. The monoisotopic (exact) mass is 274 g/mol. The lowest BCUT2D eigenvalue weighted by Crippen LogP contribution is -2.56. The Morgan fingerprint density at radius 3 is 1.84 bits per heavy atom. The minimum Gasteiger partial charge on any atom is -0.456 e. The van der Waals surface area contributed by atoms with Crippen LogP contribution in [0.2, 0.25) is 0 Å². The molecule has 0 saturated carbocycles. The number of hydrogen-bond acceptors (Lipinski definition) is 7. The highest BCUT2D eigenvalue weighted by Gasteiger charge is 2.44. The predicted molar refractivity (Wildman–Crippen MR) is 62.1 cm³/mol. The van der Waals surface area contributed by atoms with Crippen LogP contribution in [0.5, 0.6) is 0 Å². The van der Waals surface area contributed by atoms with Crippen LogP contribution in [0.3, 0.4) is 0 Å². The molecule has 0 spiro atoms. The molecule has 0 aromatic heterocycles. The normalized spacial score (nSPS) is 30.3. The number of ether oxygens (including phenoxy) is 4. The van der Waals surface area contributed by atoms with E-state index in [0.717, 1.165) is 0 Å². The molecule has 0 unspecified atom stereocenters. The van der Waals surface area contributed by atoms with Gasteiger partial charge in [-0.25, -0.2) is 0 Å². The van der Waals surface area contributed by atoms with E-state index in [-0.39, 0.29) is 6.61 Å². The first-order valence-electron chi connectivity index (χ1n) is 5.94. The van der Waals surface area contributed by atoms with Crippen molar-refractivity contribution in [1.29, 1.82) is 0 Å². The van der Waals surface area contributed by atoms with Gasteiger partial charge in [-0.1, -0.05) is 0 Å². The lowest BCUT2D eigenvalue weighted by molar-refractivity contribution is -0.222. The number of hydrogen-bond donors (Lipinski definition) is 0. The van der Waals surface area contributed by atoms with Gasteiger partial charge in [-0.3, -0.25) is 14.4 Å². The van der Waals surface area contributed by atoms with Gasteiger partial charge in [0.15, 0.2) is 18.3 Å². The Kier molecular flexibility index (Phi) is 5.29. The number of esters is 3. The summed E-state index contributed by atoms with van der Waals surface area (Å²) in [7, 11) is 0. The summed E-state index contributed by atoms with van der Waals surface area (Å²) in [5.41, 5.74) is 0. The van der Waals surface area contributed by atoms with Gasteiger partial charge in [-0.15, -0.1) is 0 Å². The molecule has 0 bridgehead atoms. The van der Waals surface area contributed by atoms with E-state index >= 15 is 0 Å².